The number of carbonyl (C=O) groups is 1. The van der Waals surface area contributed by atoms with Crippen molar-refractivity contribution in [2.24, 2.45) is 0 Å². The van der Waals surface area contributed by atoms with Crippen molar-refractivity contribution < 1.29 is 14.3 Å². The molecule has 108 valence electrons. The molecule has 0 aromatic heterocycles. The fourth-order valence-electron chi connectivity index (χ4n) is 2.31. The molecule has 0 radical (unpaired) electrons. The first kappa shape index (κ1) is 13.5. The number of carbonyl (C=O) groups excluding carboxylic acids is 1. The number of alkyl carbamates (subject to hydrolysis) is 1. The third-order valence-electron chi connectivity index (χ3n) is 3.46. The number of rotatable bonds is 4. The molecular weight excluding hydrogens is 266 g/mol. The van der Waals surface area contributed by atoms with Gasteiger partial charge in [0, 0.05) is 6.42 Å². The summed E-state index contributed by atoms with van der Waals surface area (Å²) in [6, 6.07) is 17.9. The Bertz CT molecular complexity index is 595. The summed E-state index contributed by atoms with van der Waals surface area (Å²) < 4.78 is 10.6. The molecule has 1 fully saturated rings. The van der Waals surface area contributed by atoms with Gasteiger partial charge < -0.3 is 14.8 Å². The number of amides is 1. The van der Waals surface area contributed by atoms with E-state index < -0.39 is 0 Å². The first-order valence-corrected chi connectivity index (χ1v) is 7.01. The molecule has 4 nitrogen and oxygen atoms in total. The van der Waals surface area contributed by atoms with Crippen LogP contribution in [0.25, 0.3) is 0 Å². The van der Waals surface area contributed by atoms with Gasteiger partial charge in [0.05, 0.1) is 12.6 Å². The molecule has 1 N–H and O–H groups in total. The number of nitrogens with one attached hydrogen (secondary N) is 1. The zero-order valence-corrected chi connectivity index (χ0v) is 11.6. The van der Waals surface area contributed by atoms with E-state index in [0.717, 1.165) is 23.3 Å². The van der Waals surface area contributed by atoms with E-state index in [9.17, 15) is 4.79 Å². The quantitative estimate of drug-likeness (QED) is 0.935. The van der Waals surface area contributed by atoms with Gasteiger partial charge in [-0.1, -0.05) is 42.5 Å². The van der Waals surface area contributed by atoms with Crippen LogP contribution in [0.5, 0.6) is 5.75 Å². The van der Waals surface area contributed by atoms with Crippen LogP contribution in [0.1, 0.15) is 23.6 Å². The summed E-state index contributed by atoms with van der Waals surface area (Å²) in [5.41, 5.74) is 2.21. The van der Waals surface area contributed by atoms with Gasteiger partial charge in [0.1, 0.15) is 12.4 Å². The monoisotopic (exact) mass is 283 g/mol. The lowest BCUT2D eigenvalue weighted by atomic mass is 10.0. The smallest absolute Gasteiger partial charge is 0.407 e. The predicted octanol–water partition coefficient (Wildman–Crippen LogP) is 3.44. The molecule has 4 heteroatoms. The molecule has 1 aliphatic rings. The molecule has 0 unspecified atom stereocenters. The Kier molecular flexibility index (Phi) is 4.05. The highest BCUT2D eigenvalue weighted by Crippen LogP contribution is 2.23. The molecule has 0 aliphatic carbocycles. The number of ether oxygens (including phenoxy) is 2. The van der Waals surface area contributed by atoms with E-state index in [1.165, 1.54) is 0 Å². The second kappa shape index (κ2) is 6.31. The van der Waals surface area contributed by atoms with Gasteiger partial charge in [-0.2, -0.15) is 0 Å². The molecule has 0 saturated carbocycles. The van der Waals surface area contributed by atoms with E-state index in [1.807, 2.05) is 54.6 Å². The molecule has 21 heavy (non-hydrogen) atoms. The minimum atomic E-state index is -0.351. The number of hydrogen-bond acceptors (Lipinski definition) is 3. The molecule has 1 atom stereocenters. The lowest BCUT2D eigenvalue weighted by Gasteiger charge is -2.23. The summed E-state index contributed by atoms with van der Waals surface area (Å²) in [4.78, 5) is 11.2. The molecule has 1 heterocycles. The van der Waals surface area contributed by atoms with Crippen LogP contribution in [-0.2, 0) is 11.3 Å². The van der Waals surface area contributed by atoms with Crippen LogP contribution >= 0.6 is 0 Å². The third kappa shape index (κ3) is 3.54. The maximum atomic E-state index is 11.2. The van der Waals surface area contributed by atoms with Crippen molar-refractivity contribution in [2.75, 3.05) is 6.61 Å². The number of hydrogen-bond donors (Lipinski definition) is 1. The zero-order valence-electron chi connectivity index (χ0n) is 11.6. The summed E-state index contributed by atoms with van der Waals surface area (Å²) in [5.74, 6) is 0.820. The second-order valence-electron chi connectivity index (χ2n) is 4.96. The lowest BCUT2D eigenvalue weighted by molar-refractivity contribution is 0.115. The van der Waals surface area contributed by atoms with Gasteiger partial charge in [-0.15, -0.1) is 0 Å². The summed E-state index contributed by atoms with van der Waals surface area (Å²) in [7, 11) is 0. The fourth-order valence-corrected chi connectivity index (χ4v) is 2.31. The van der Waals surface area contributed by atoms with E-state index in [0.29, 0.717) is 13.2 Å². The van der Waals surface area contributed by atoms with Crippen molar-refractivity contribution in [1.82, 2.24) is 5.32 Å². The Morgan fingerprint density at radius 3 is 2.57 bits per heavy atom. The van der Waals surface area contributed by atoms with E-state index in [1.54, 1.807) is 0 Å². The van der Waals surface area contributed by atoms with Crippen LogP contribution in [0.4, 0.5) is 4.79 Å². The second-order valence-corrected chi connectivity index (χ2v) is 4.96. The average molecular weight is 283 g/mol. The SMILES string of the molecule is O=C1N[C@H](c2ccc(OCc3ccccc3)cc2)CCO1. The maximum Gasteiger partial charge on any atom is 0.407 e. The highest BCUT2D eigenvalue weighted by Gasteiger charge is 2.20. The third-order valence-corrected chi connectivity index (χ3v) is 3.46. The largest absolute Gasteiger partial charge is 0.489 e. The summed E-state index contributed by atoms with van der Waals surface area (Å²) in [6.07, 6.45) is 0.436. The highest BCUT2D eigenvalue weighted by atomic mass is 16.5. The van der Waals surface area contributed by atoms with Gasteiger partial charge in [0.2, 0.25) is 0 Å². The van der Waals surface area contributed by atoms with Crippen LogP contribution in [0.15, 0.2) is 54.6 Å². The van der Waals surface area contributed by atoms with E-state index >= 15 is 0 Å². The van der Waals surface area contributed by atoms with Gasteiger partial charge in [0.25, 0.3) is 0 Å². The minimum Gasteiger partial charge on any atom is -0.489 e. The molecule has 3 rings (SSSR count). The van der Waals surface area contributed by atoms with Gasteiger partial charge in [-0.3, -0.25) is 0 Å². The van der Waals surface area contributed by atoms with Crippen molar-refractivity contribution in [3.63, 3.8) is 0 Å². The molecule has 0 bridgehead atoms. The first-order valence-electron chi connectivity index (χ1n) is 7.01. The minimum absolute atomic E-state index is 0.0226. The highest BCUT2D eigenvalue weighted by molar-refractivity contribution is 5.68. The maximum absolute atomic E-state index is 11.2. The summed E-state index contributed by atoms with van der Waals surface area (Å²) in [5, 5.41) is 2.81. The molecule has 1 aliphatic heterocycles. The summed E-state index contributed by atoms with van der Waals surface area (Å²) >= 11 is 0. The van der Waals surface area contributed by atoms with Crippen LogP contribution < -0.4 is 10.1 Å². The first-order chi connectivity index (χ1) is 10.3. The Hall–Kier alpha value is -2.49. The number of cyclic esters (lactones) is 1. The van der Waals surface area contributed by atoms with Crippen LogP contribution in [-0.4, -0.2) is 12.7 Å². The Morgan fingerprint density at radius 2 is 1.86 bits per heavy atom. The van der Waals surface area contributed by atoms with Crippen molar-refractivity contribution in [3.8, 4) is 5.75 Å². The average Bonchev–Trinajstić information content (AvgIpc) is 2.54. The Labute approximate surface area is 123 Å². The van der Waals surface area contributed by atoms with E-state index in [2.05, 4.69) is 5.32 Å². The van der Waals surface area contributed by atoms with E-state index in [4.69, 9.17) is 9.47 Å². The zero-order chi connectivity index (χ0) is 14.5. The summed E-state index contributed by atoms with van der Waals surface area (Å²) in [6.45, 7) is 1.01. The van der Waals surface area contributed by atoms with Crippen LogP contribution in [0, 0.1) is 0 Å². The van der Waals surface area contributed by atoms with Crippen molar-refractivity contribution in [3.05, 3.63) is 65.7 Å². The topological polar surface area (TPSA) is 47.6 Å². The Balaban J connectivity index is 1.60. The van der Waals surface area contributed by atoms with Crippen molar-refractivity contribution in [2.45, 2.75) is 19.1 Å². The van der Waals surface area contributed by atoms with Gasteiger partial charge >= 0.3 is 6.09 Å². The molecular formula is C17H17NO3. The van der Waals surface area contributed by atoms with Crippen molar-refractivity contribution >= 4 is 6.09 Å². The Morgan fingerprint density at radius 1 is 1.10 bits per heavy atom. The van der Waals surface area contributed by atoms with Crippen molar-refractivity contribution in [1.29, 1.82) is 0 Å². The fraction of sp³-hybridized carbons (Fsp3) is 0.235. The molecule has 0 spiro atoms. The van der Waals surface area contributed by atoms with Gasteiger partial charge in [0.15, 0.2) is 0 Å². The van der Waals surface area contributed by atoms with Gasteiger partial charge in [-0.05, 0) is 23.3 Å². The lowest BCUT2D eigenvalue weighted by Crippen LogP contribution is -2.35. The van der Waals surface area contributed by atoms with Crippen LogP contribution in [0.2, 0.25) is 0 Å². The normalized spacial score (nSPS) is 17.7. The molecule has 2 aromatic rings. The molecule has 2 aromatic carbocycles. The van der Waals surface area contributed by atoms with Gasteiger partial charge in [-0.25, -0.2) is 4.79 Å². The standard InChI is InChI=1S/C17H17NO3/c19-17-18-16(10-11-20-17)14-6-8-15(9-7-14)21-12-13-4-2-1-3-5-13/h1-9,16H,10-12H2,(H,18,19)/t16-/m0/s1. The predicted molar refractivity (Wildman–Crippen MR) is 79.1 cm³/mol. The molecule has 1 saturated heterocycles. The van der Waals surface area contributed by atoms with Crippen LogP contribution in [0.3, 0.4) is 0 Å². The molecule has 1 amide bonds. The van der Waals surface area contributed by atoms with E-state index in [-0.39, 0.29) is 12.1 Å². The number of benzene rings is 2.